The van der Waals surface area contributed by atoms with Crippen LogP contribution in [0.15, 0.2) is 21.7 Å². The number of carbonyl (C=O) groups excluding carboxylic acids is 1. The molecule has 0 aliphatic carbocycles. The molecule has 1 saturated heterocycles. The molecule has 1 amide bonds. The smallest absolute Gasteiger partial charge is 0.328 e. The number of hydrogen-bond acceptors (Lipinski definition) is 3. The second-order valence-corrected chi connectivity index (χ2v) is 6.24. The maximum absolute atomic E-state index is 13.4. The number of carbonyl (C=O) groups is 1. The van der Waals surface area contributed by atoms with Crippen LogP contribution in [0.1, 0.15) is 32.1 Å². The van der Waals surface area contributed by atoms with E-state index in [1.807, 2.05) is 0 Å². The number of nitrogens with zero attached hydrogens (tertiary/aromatic N) is 2. The van der Waals surface area contributed by atoms with Crippen LogP contribution in [0.2, 0.25) is 0 Å². The molecule has 6 nitrogen and oxygen atoms in total. The fourth-order valence-electron chi connectivity index (χ4n) is 3.15. The van der Waals surface area contributed by atoms with Gasteiger partial charge in [-0.3, -0.25) is 14.2 Å². The molecule has 0 spiro atoms. The minimum atomic E-state index is -1.14. The highest BCUT2D eigenvalue weighted by atomic mass is 19.2. The monoisotopic (exact) mass is 351 g/mol. The molecule has 1 aliphatic heterocycles. The van der Waals surface area contributed by atoms with Crippen molar-refractivity contribution < 1.29 is 13.6 Å². The lowest BCUT2D eigenvalue weighted by Crippen LogP contribution is -2.37. The van der Waals surface area contributed by atoms with Gasteiger partial charge in [0, 0.05) is 32.1 Å². The topological polar surface area (TPSA) is 75.2 Å². The van der Waals surface area contributed by atoms with Crippen LogP contribution in [0.5, 0.6) is 0 Å². The van der Waals surface area contributed by atoms with Crippen molar-refractivity contribution in [3.05, 3.63) is 44.6 Å². The van der Waals surface area contributed by atoms with Crippen LogP contribution < -0.4 is 11.2 Å². The van der Waals surface area contributed by atoms with E-state index >= 15 is 0 Å². The average molecular weight is 351 g/mol. The van der Waals surface area contributed by atoms with Crippen LogP contribution >= 0.6 is 0 Å². The maximum atomic E-state index is 13.4. The Hall–Kier alpha value is -2.51. The SMILES string of the molecule is O=C1CCCCCN1CCCn1c(=O)[nH]c2cc(F)c(F)cc2c1=O. The zero-order chi connectivity index (χ0) is 18.0. The molecule has 0 bridgehead atoms. The molecule has 1 fully saturated rings. The third-order valence-corrected chi connectivity index (χ3v) is 4.50. The highest BCUT2D eigenvalue weighted by Crippen LogP contribution is 2.13. The number of amides is 1. The first-order valence-electron chi connectivity index (χ1n) is 8.37. The van der Waals surface area contributed by atoms with Crippen LogP contribution in [0.4, 0.5) is 8.78 Å². The van der Waals surface area contributed by atoms with Crippen molar-refractivity contribution in [3.63, 3.8) is 0 Å². The van der Waals surface area contributed by atoms with E-state index in [1.165, 1.54) is 0 Å². The van der Waals surface area contributed by atoms with Crippen LogP contribution in [-0.2, 0) is 11.3 Å². The standard InChI is InChI=1S/C17H19F2N3O3/c18-12-9-11-14(10-13(12)19)20-17(25)22(16(11)24)8-4-7-21-6-3-1-2-5-15(21)23/h9-10H,1-8H2,(H,20,25). The molecule has 134 valence electrons. The molecule has 2 aromatic rings. The summed E-state index contributed by atoms with van der Waals surface area (Å²) in [6, 6.07) is 1.59. The fourth-order valence-corrected chi connectivity index (χ4v) is 3.15. The normalized spacial score (nSPS) is 15.6. The van der Waals surface area contributed by atoms with Crippen LogP contribution in [0, 0.1) is 11.6 Å². The van der Waals surface area contributed by atoms with Gasteiger partial charge in [0.15, 0.2) is 11.6 Å². The average Bonchev–Trinajstić information content (AvgIpc) is 2.77. The van der Waals surface area contributed by atoms with Crippen molar-refractivity contribution in [2.75, 3.05) is 13.1 Å². The lowest BCUT2D eigenvalue weighted by Gasteiger charge is -2.20. The van der Waals surface area contributed by atoms with Gasteiger partial charge in [0.2, 0.25) is 5.91 Å². The summed E-state index contributed by atoms with van der Waals surface area (Å²) in [7, 11) is 0. The van der Waals surface area contributed by atoms with Crippen molar-refractivity contribution in [1.29, 1.82) is 0 Å². The van der Waals surface area contributed by atoms with Gasteiger partial charge in [-0.25, -0.2) is 13.6 Å². The number of hydrogen-bond donors (Lipinski definition) is 1. The van der Waals surface area contributed by atoms with E-state index in [0.29, 0.717) is 25.9 Å². The van der Waals surface area contributed by atoms with Crippen LogP contribution in [0.25, 0.3) is 10.9 Å². The van der Waals surface area contributed by atoms with Gasteiger partial charge < -0.3 is 9.88 Å². The van der Waals surface area contributed by atoms with E-state index in [1.54, 1.807) is 4.90 Å². The van der Waals surface area contributed by atoms with E-state index in [2.05, 4.69) is 4.98 Å². The van der Waals surface area contributed by atoms with E-state index in [-0.39, 0.29) is 23.4 Å². The highest BCUT2D eigenvalue weighted by molar-refractivity contribution is 5.77. The Morgan fingerprint density at radius 3 is 2.56 bits per heavy atom. The Morgan fingerprint density at radius 2 is 1.76 bits per heavy atom. The Bertz CT molecular complexity index is 920. The van der Waals surface area contributed by atoms with Gasteiger partial charge in [0.1, 0.15) is 0 Å². The summed E-state index contributed by atoms with van der Waals surface area (Å²) in [5.41, 5.74) is -1.38. The minimum absolute atomic E-state index is 0.0344. The van der Waals surface area contributed by atoms with Crippen molar-refractivity contribution in [1.82, 2.24) is 14.5 Å². The molecule has 25 heavy (non-hydrogen) atoms. The third-order valence-electron chi connectivity index (χ3n) is 4.50. The Labute approximate surface area is 142 Å². The number of H-pyrrole nitrogens is 1. The first-order valence-corrected chi connectivity index (χ1v) is 8.37. The van der Waals surface area contributed by atoms with E-state index in [4.69, 9.17) is 0 Å². The van der Waals surface area contributed by atoms with Gasteiger partial charge in [-0.2, -0.15) is 0 Å². The lowest BCUT2D eigenvalue weighted by molar-refractivity contribution is -0.130. The van der Waals surface area contributed by atoms with Gasteiger partial charge in [0.05, 0.1) is 10.9 Å². The minimum Gasteiger partial charge on any atom is -0.343 e. The van der Waals surface area contributed by atoms with Crippen molar-refractivity contribution >= 4 is 16.8 Å². The number of nitrogens with one attached hydrogen (secondary N) is 1. The summed E-state index contributed by atoms with van der Waals surface area (Å²) in [6.45, 7) is 1.25. The molecule has 2 heterocycles. The molecule has 1 aromatic carbocycles. The molecule has 0 unspecified atom stereocenters. The predicted octanol–water partition coefficient (Wildman–Crippen LogP) is 1.76. The van der Waals surface area contributed by atoms with E-state index in [0.717, 1.165) is 36.0 Å². The predicted molar refractivity (Wildman–Crippen MR) is 88.4 cm³/mol. The number of rotatable bonds is 4. The highest BCUT2D eigenvalue weighted by Gasteiger charge is 2.17. The van der Waals surface area contributed by atoms with Crippen molar-refractivity contribution in [3.8, 4) is 0 Å². The number of likely N-dealkylation sites (tertiary alicyclic amines) is 1. The van der Waals surface area contributed by atoms with E-state index in [9.17, 15) is 23.2 Å². The van der Waals surface area contributed by atoms with Gasteiger partial charge >= 0.3 is 5.69 Å². The molecule has 1 N–H and O–H groups in total. The van der Waals surface area contributed by atoms with E-state index < -0.39 is 22.9 Å². The molecular formula is C17H19F2N3O3. The van der Waals surface area contributed by atoms with Crippen molar-refractivity contribution in [2.45, 2.75) is 38.6 Å². The summed E-state index contributed by atoms with van der Waals surface area (Å²) in [6.07, 6.45) is 3.83. The Kier molecular flexibility index (Phi) is 4.96. The molecular weight excluding hydrogens is 332 g/mol. The largest absolute Gasteiger partial charge is 0.343 e. The second-order valence-electron chi connectivity index (χ2n) is 6.24. The molecule has 0 saturated carbocycles. The molecule has 0 radical (unpaired) electrons. The molecule has 1 aromatic heterocycles. The van der Waals surface area contributed by atoms with Crippen molar-refractivity contribution in [2.24, 2.45) is 0 Å². The fraction of sp³-hybridized carbons (Fsp3) is 0.471. The van der Waals surface area contributed by atoms with Gasteiger partial charge in [0.25, 0.3) is 5.56 Å². The first-order chi connectivity index (χ1) is 12.0. The first kappa shape index (κ1) is 17.3. The Balaban J connectivity index is 1.79. The summed E-state index contributed by atoms with van der Waals surface area (Å²) in [5, 5.41) is -0.0793. The number of halogens is 2. The van der Waals surface area contributed by atoms with Crippen LogP contribution in [-0.4, -0.2) is 33.4 Å². The summed E-state index contributed by atoms with van der Waals surface area (Å²) in [5.74, 6) is -2.17. The zero-order valence-electron chi connectivity index (χ0n) is 13.7. The quantitative estimate of drug-likeness (QED) is 0.912. The molecule has 1 aliphatic rings. The number of benzene rings is 1. The number of fused-ring (bicyclic) bond motifs is 1. The summed E-state index contributed by atoms with van der Waals surface area (Å²) < 4.78 is 27.6. The van der Waals surface area contributed by atoms with Gasteiger partial charge in [-0.1, -0.05) is 6.42 Å². The molecule has 0 atom stereocenters. The van der Waals surface area contributed by atoms with Crippen LogP contribution in [0.3, 0.4) is 0 Å². The second kappa shape index (κ2) is 7.16. The molecule has 8 heteroatoms. The summed E-state index contributed by atoms with van der Waals surface area (Å²) in [4.78, 5) is 40.5. The van der Waals surface area contributed by atoms with Gasteiger partial charge in [-0.05, 0) is 25.3 Å². The lowest BCUT2D eigenvalue weighted by atomic mass is 10.2. The zero-order valence-corrected chi connectivity index (χ0v) is 13.7. The molecule has 3 rings (SSSR count). The Morgan fingerprint density at radius 1 is 1.00 bits per heavy atom. The number of aromatic nitrogens is 2. The third kappa shape index (κ3) is 3.62. The number of aromatic amines is 1. The van der Waals surface area contributed by atoms with Gasteiger partial charge in [-0.15, -0.1) is 0 Å². The maximum Gasteiger partial charge on any atom is 0.328 e. The summed E-state index contributed by atoms with van der Waals surface area (Å²) >= 11 is 0.